The molecular formula is C15H18N2O3. The lowest BCUT2D eigenvalue weighted by Crippen LogP contribution is -2.37. The van der Waals surface area contributed by atoms with E-state index in [1.807, 2.05) is 30.3 Å². The molecule has 1 aromatic rings. The van der Waals surface area contributed by atoms with Crippen LogP contribution in [0.15, 0.2) is 30.3 Å². The molecule has 20 heavy (non-hydrogen) atoms. The molecule has 0 radical (unpaired) electrons. The van der Waals surface area contributed by atoms with Gasteiger partial charge >= 0.3 is 6.09 Å². The quantitative estimate of drug-likeness (QED) is 0.906. The van der Waals surface area contributed by atoms with Crippen LogP contribution < -0.4 is 5.32 Å². The summed E-state index contributed by atoms with van der Waals surface area (Å²) < 4.78 is 5.30. The van der Waals surface area contributed by atoms with Crippen LogP contribution in [0, 0.1) is 11.8 Å². The summed E-state index contributed by atoms with van der Waals surface area (Å²) in [7, 11) is 0. The van der Waals surface area contributed by atoms with Crippen LogP contribution in [-0.4, -0.2) is 36.0 Å². The van der Waals surface area contributed by atoms with Crippen LogP contribution >= 0.6 is 0 Å². The fourth-order valence-electron chi connectivity index (χ4n) is 2.93. The van der Waals surface area contributed by atoms with Gasteiger partial charge in [-0.1, -0.05) is 30.3 Å². The fourth-order valence-corrected chi connectivity index (χ4v) is 2.93. The summed E-state index contributed by atoms with van der Waals surface area (Å²) in [6.45, 7) is 3.20. The molecule has 2 amide bonds. The van der Waals surface area contributed by atoms with Crippen LogP contribution in [-0.2, 0) is 16.1 Å². The number of ether oxygens (including phenoxy) is 1. The van der Waals surface area contributed by atoms with Crippen molar-refractivity contribution in [3.63, 3.8) is 0 Å². The Hall–Kier alpha value is -2.04. The lowest BCUT2D eigenvalue weighted by molar-refractivity contribution is -0.119. The molecule has 5 nitrogen and oxygen atoms in total. The first-order chi connectivity index (χ1) is 9.65. The van der Waals surface area contributed by atoms with Gasteiger partial charge in [0.1, 0.15) is 6.61 Å². The highest BCUT2D eigenvalue weighted by atomic mass is 16.6. The summed E-state index contributed by atoms with van der Waals surface area (Å²) in [5.74, 6) is 0.814. The third-order valence-electron chi connectivity index (χ3n) is 4.03. The van der Waals surface area contributed by atoms with Crippen molar-refractivity contribution in [3.8, 4) is 0 Å². The van der Waals surface area contributed by atoms with Gasteiger partial charge in [0.15, 0.2) is 0 Å². The zero-order valence-corrected chi connectivity index (χ0v) is 11.4. The number of nitrogens with one attached hydrogen (secondary N) is 1. The minimum absolute atomic E-state index is 0.00241. The Kier molecular flexibility index (Phi) is 3.34. The number of hydrogen-bond acceptors (Lipinski definition) is 3. The van der Waals surface area contributed by atoms with E-state index in [4.69, 9.17) is 4.74 Å². The van der Waals surface area contributed by atoms with Gasteiger partial charge in [-0.3, -0.25) is 4.79 Å². The summed E-state index contributed by atoms with van der Waals surface area (Å²) in [5, 5.41) is 2.92. The van der Waals surface area contributed by atoms with Gasteiger partial charge in [-0.05, 0) is 5.56 Å². The molecule has 106 valence electrons. The summed E-state index contributed by atoms with van der Waals surface area (Å²) >= 11 is 0. The van der Waals surface area contributed by atoms with Gasteiger partial charge in [0.2, 0.25) is 5.91 Å². The third kappa shape index (κ3) is 2.61. The van der Waals surface area contributed by atoms with E-state index in [9.17, 15) is 9.59 Å². The zero-order valence-electron chi connectivity index (χ0n) is 11.4. The number of carbonyl (C=O) groups excluding carboxylic acids is 2. The number of rotatable bonds is 3. The maximum Gasteiger partial charge on any atom is 0.410 e. The molecule has 1 N–H and O–H groups in total. The van der Waals surface area contributed by atoms with Crippen molar-refractivity contribution >= 4 is 12.0 Å². The first kappa shape index (κ1) is 13.0. The van der Waals surface area contributed by atoms with E-state index in [1.165, 1.54) is 6.92 Å². The average molecular weight is 274 g/mol. The van der Waals surface area contributed by atoms with Crippen LogP contribution in [0.4, 0.5) is 4.79 Å². The van der Waals surface area contributed by atoms with Crippen molar-refractivity contribution in [2.75, 3.05) is 13.1 Å². The molecule has 1 aliphatic heterocycles. The minimum atomic E-state index is -0.261. The van der Waals surface area contributed by atoms with Crippen molar-refractivity contribution < 1.29 is 14.3 Å². The van der Waals surface area contributed by atoms with Crippen LogP contribution in [0.2, 0.25) is 0 Å². The van der Waals surface area contributed by atoms with E-state index in [0.29, 0.717) is 31.5 Å². The van der Waals surface area contributed by atoms with Gasteiger partial charge in [0.25, 0.3) is 0 Å². The maximum atomic E-state index is 11.9. The smallest absolute Gasteiger partial charge is 0.410 e. The van der Waals surface area contributed by atoms with Gasteiger partial charge in [-0.15, -0.1) is 0 Å². The highest BCUT2D eigenvalue weighted by Gasteiger charge is 2.57. The molecule has 1 saturated heterocycles. The zero-order chi connectivity index (χ0) is 14.1. The lowest BCUT2D eigenvalue weighted by atomic mass is 10.2. The number of fused-ring (bicyclic) bond motifs is 1. The first-order valence-electron chi connectivity index (χ1n) is 6.88. The summed E-state index contributed by atoms with van der Waals surface area (Å²) in [5.41, 5.74) is 0.987. The molecule has 5 heteroatoms. The van der Waals surface area contributed by atoms with E-state index in [-0.39, 0.29) is 18.0 Å². The Morgan fingerprint density at radius 1 is 1.25 bits per heavy atom. The number of likely N-dealkylation sites (tertiary alicyclic amines) is 1. The van der Waals surface area contributed by atoms with Crippen molar-refractivity contribution in [2.24, 2.45) is 11.8 Å². The standard InChI is InChI=1S/C15H18N2O3/c1-10(18)16-14-12-7-17(8-13(12)14)15(19)20-9-11-5-3-2-4-6-11/h2-6,12-14H,7-9H2,1H3,(H,16,18)/t12-,13+,14+. The Morgan fingerprint density at radius 3 is 2.50 bits per heavy atom. The van der Waals surface area contributed by atoms with Gasteiger partial charge in [0.05, 0.1) is 0 Å². The number of nitrogens with zero attached hydrogens (tertiary/aromatic N) is 1. The highest BCUT2D eigenvalue weighted by molar-refractivity contribution is 5.74. The molecule has 2 fully saturated rings. The molecule has 0 spiro atoms. The second-order valence-electron chi connectivity index (χ2n) is 5.50. The predicted octanol–water partition coefficient (Wildman–Crippen LogP) is 1.39. The van der Waals surface area contributed by atoms with Crippen LogP contribution in [0.1, 0.15) is 12.5 Å². The van der Waals surface area contributed by atoms with E-state index >= 15 is 0 Å². The average Bonchev–Trinajstić information content (AvgIpc) is 2.89. The van der Waals surface area contributed by atoms with Crippen LogP contribution in [0.5, 0.6) is 0 Å². The van der Waals surface area contributed by atoms with E-state index in [0.717, 1.165) is 5.56 Å². The number of carbonyl (C=O) groups is 2. The fraction of sp³-hybridized carbons (Fsp3) is 0.467. The van der Waals surface area contributed by atoms with Crippen molar-refractivity contribution in [3.05, 3.63) is 35.9 Å². The molecule has 0 aromatic heterocycles. The SMILES string of the molecule is CC(=O)N[C@H]1[C@@H]2CN(C(=O)OCc3ccccc3)C[C@@H]21. The molecule has 3 rings (SSSR count). The normalized spacial score (nSPS) is 26.9. The minimum Gasteiger partial charge on any atom is -0.445 e. The number of benzene rings is 1. The Labute approximate surface area is 117 Å². The molecule has 0 unspecified atom stereocenters. The molecule has 1 aromatic carbocycles. The van der Waals surface area contributed by atoms with Crippen LogP contribution in [0.3, 0.4) is 0 Å². The van der Waals surface area contributed by atoms with E-state index < -0.39 is 0 Å². The van der Waals surface area contributed by atoms with Gasteiger partial charge in [-0.25, -0.2) is 4.79 Å². The molecular weight excluding hydrogens is 256 g/mol. The summed E-state index contributed by atoms with van der Waals surface area (Å²) in [6.07, 6.45) is -0.261. The maximum absolute atomic E-state index is 11.9. The Morgan fingerprint density at radius 2 is 1.90 bits per heavy atom. The molecule has 3 atom stereocenters. The molecule has 1 saturated carbocycles. The van der Waals surface area contributed by atoms with Crippen molar-refractivity contribution in [1.29, 1.82) is 0 Å². The second kappa shape index (κ2) is 5.15. The topological polar surface area (TPSA) is 58.6 Å². The lowest BCUT2D eigenvalue weighted by Gasteiger charge is -2.19. The number of piperidine rings is 1. The predicted molar refractivity (Wildman–Crippen MR) is 72.8 cm³/mol. The van der Waals surface area contributed by atoms with Gasteiger partial charge < -0.3 is 15.0 Å². The van der Waals surface area contributed by atoms with Crippen molar-refractivity contribution in [1.82, 2.24) is 10.2 Å². The van der Waals surface area contributed by atoms with E-state index in [2.05, 4.69) is 5.32 Å². The third-order valence-corrected chi connectivity index (χ3v) is 4.03. The van der Waals surface area contributed by atoms with Crippen molar-refractivity contribution in [2.45, 2.75) is 19.6 Å². The van der Waals surface area contributed by atoms with E-state index in [1.54, 1.807) is 4.90 Å². The molecule has 1 aliphatic carbocycles. The number of hydrogen-bond donors (Lipinski definition) is 1. The second-order valence-corrected chi connectivity index (χ2v) is 5.50. The van der Waals surface area contributed by atoms with Gasteiger partial charge in [-0.2, -0.15) is 0 Å². The largest absolute Gasteiger partial charge is 0.445 e. The molecule has 1 heterocycles. The van der Waals surface area contributed by atoms with Gasteiger partial charge in [0, 0.05) is 37.9 Å². The Balaban J connectivity index is 1.44. The Bertz CT molecular complexity index is 505. The highest BCUT2D eigenvalue weighted by Crippen LogP contribution is 2.45. The number of amides is 2. The molecule has 0 bridgehead atoms. The summed E-state index contributed by atoms with van der Waals surface area (Å²) in [4.78, 5) is 24.6. The monoisotopic (exact) mass is 274 g/mol. The van der Waals surface area contributed by atoms with Crippen LogP contribution in [0.25, 0.3) is 0 Å². The summed E-state index contributed by atoms with van der Waals surface area (Å²) in [6, 6.07) is 9.90. The first-order valence-corrected chi connectivity index (χ1v) is 6.88. The molecule has 2 aliphatic rings.